The largest absolute Gasteiger partial charge is 0.484 e. The van der Waals surface area contributed by atoms with E-state index in [0.29, 0.717) is 5.75 Å². The highest BCUT2D eigenvalue weighted by Gasteiger charge is 2.32. The Morgan fingerprint density at radius 3 is 2.54 bits per heavy atom. The number of ether oxygens (including phenoxy) is 1. The Hall–Kier alpha value is -2.93. The summed E-state index contributed by atoms with van der Waals surface area (Å²) in [7, 11) is 2.04. The topological polar surface area (TPSA) is 84.7 Å². The molecule has 7 heteroatoms. The van der Waals surface area contributed by atoms with Gasteiger partial charge >= 0.3 is 0 Å². The van der Waals surface area contributed by atoms with Crippen molar-refractivity contribution in [2.24, 2.45) is 0 Å². The van der Waals surface area contributed by atoms with Crippen molar-refractivity contribution in [2.45, 2.75) is 12.0 Å². The fourth-order valence-corrected chi connectivity index (χ4v) is 3.25. The van der Waals surface area contributed by atoms with E-state index in [-0.39, 0.29) is 30.2 Å². The van der Waals surface area contributed by atoms with Gasteiger partial charge in [0.05, 0.1) is 4.92 Å². The average molecular weight is 355 g/mol. The van der Waals surface area contributed by atoms with Crippen LogP contribution in [0.4, 0.5) is 5.69 Å². The standard InChI is InChI=1S/C19H21N3O4/c1-21-11-17(14-5-3-2-4-6-14)18(12-21)20-19(23)13-26-16-9-7-15(8-10-16)22(24)25/h2-10,17-18H,11-13H2,1H3,(H,20,23)/t17-,18+/m1/s1. The molecule has 0 spiro atoms. The van der Waals surface area contributed by atoms with Crippen LogP contribution in [0.5, 0.6) is 5.75 Å². The molecule has 7 nitrogen and oxygen atoms in total. The van der Waals surface area contributed by atoms with Crippen LogP contribution < -0.4 is 10.1 Å². The predicted molar refractivity (Wildman–Crippen MR) is 97.2 cm³/mol. The molecular formula is C19H21N3O4. The van der Waals surface area contributed by atoms with Crippen LogP contribution in [0.15, 0.2) is 54.6 Å². The zero-order valence-corrected chi connectivity index (χ0v) is 14.5. The number of nitrogens with zero attached hydrogens (tertiary/aromatic N) is 2. The monoisotopic (exact) mass is 355 g/mol. The molecular weight excluding hydrogens is 334 g/mol. The first-order valence-corrected chi connectivity index (χ1v) is 8.43. The summed E-state index contributed by atoms with van der Waals surface area (Å²) in [6, 6.07) is 15.9. The van der Waals surface area contributed by atoms with Crippen LogP contribution in [0.3, 0.4) is 0 Å². The van der Waals surface area contributed by atoms with E-state index in [1.54, 1.807) is 0 Å². The molecule has 0 bridgehead atoms. The summed E-state index contributed by atoms with van der Waals surface area (Å²) in [5.41, 5.74) is 1.19. The quantitative estimate of drug-likeness (QED) is 0.634. The Labute approximate surface area is 151 Å². The van der Waals surface area contributed by atoms with Crippen molar-refractivity contribution in [3.05, 3.63) is 70.3 Å². The lowest BCUT2D eigenvalue weighted by Gasteiger charge is -2.20. The van der Waals surface area contributed by atoms with Gasteiger partial charge in [-0.25, -0.2) is 0 Å². The molecule has 0 saturated carbocycles. The number of nitrogens with one attached hydrogen (secondary N) is 1. The maximum Gasteiger partial charge on any atom is 0.269 e. The third kappa shape index (κ3) is 4.37. The Morgan fingerprint density at radius 2 is 1.88 bits per heavy atom. The number of benzene rings is 2. The van der Waals surface area contributed by atoms with E-state index in [9.17, 15) is 14.9 Å². The SMILES string of the molecule is CN1C[C@H](NC(=O)COc2ccc([N+](=O)[O-])cc2)[C@@H](c2ccccc2)C1. The minimum absolute atomic E-state index is 0.0125. The zero-order valence-electron chi connectivity index (χ0n) is 14.5. The van der Waals surface area contributed by atoms with E-state index in [1.807, 2.05) is 25.2 Å². The summed E-state index contributed by atoms with van der Waals surface area (Å²) in [6.45, 7) is 1.54. The minimum atomic E-state index is -0.475. The molecule has 1 aliphatic heterocycles. The average Bonchev–Trinajstić information content (AvgIpc) is 3.01. The van der Waals surface area contributed by atoms with Crippen molar-refractivity contribution < 1.29 is 14.5 Å². The molecule has 2 aromatic carbocycles. The lowest BCUT2D eigenvalue weighted by Crippen LogP contribution is -2.41. The Kier molecular flexibility index (Phi) is 5.48. The second-order valence-corrected chi connectivity index (χ2v) is 6.45. The summed E-state index contributed by atoms with van der Waals surface area (Å²) >= 11 is 0. The maximum atomic E-state index is 12.3. The highest BCUT2D eigenvalue weighted by molar-refractivity contribution is 5.78. The van der Waals surface area contributed by atoms with Crippen LogP contribution in [0.1, 0.15) is 11.5 Å². The normalized spacial score (nSPS) is 19.9. The molecule has 2 atom stereocenters. The lowest BCUT2D eigenvalue weighted by atomic mass is 9.94. The second kappa shape index (κ2) is 7.97. The van der Waals surface area contributed by atoms with Gasteiger partial charge in [-0.15, -0.1) is 0 Å². The van der Waals surface area contributed by atoms with E-state index < -0.39 is 4.92 Å². The van der Waals surface area contributed by atoms with Crippen molar-refractivity contribution >= 4 is 11.6 Å². The number of carbonyl (C=O) groups excluding carboxylic acids is 1. The van der Waals surface area contributed by atoms with Crippen molar-refractivity contribution in [1.29, 1.82) is 0 Å². The molecule has 2 aromatic rings. The maximum absolute atomic E-state index is 12.3. The first-order chi connectivity index (χ1) is 12.5. The molecule has 26 heavy (non-hydrogen) atoms. The molecule has 1 fully saturated rings. The highest BCUT2D eigenvalue weighted by Crippen LogP contribution is 2.26. The van der Waals surface area contributed by atoms with Crippen molar-refractivity contribution in [2.75, 3.05) is 26.7 Å². The van der Waals surface area contributed by atoms with Crippen LogP contribution in [0.2, 0.25) is 0 Å². The van der Waals surface area contributed by atoms with Crippen LogP contribution in [-0.4, -0.2) is 48.5 Å². The number of hydrogen-bond acceptors (Lipinski definition) is 5. The van der Waals surface area contributed by atoms with Gasteiger partial charge in [0, 0.05) is 37.2 Å². The molecule has 1 amide bonds. The molecule has 0 aromatic heterocycles. The van der Waals surface area contributed by atoms with Gasteiger partial charge in [-0.3, -0.25) is 14.9 Å². The molecule has 1 aliphatic rings. The third-order valence-electron chi connectivity index (χ3n) is 4.49. The van der Waals surface area contributed by atoms with Gasteiger partial charge in [0.1, 0.15) is 5.75 Å². The summed E-state index contributed by atoms with van der Waals surface area (Å²) in [5, 5.41) is 13.7. The number of hydrogen-bond donors (Lipinski definition) is 1. The van der Waals surface area contributed by atoms with E-state index in [0.717, 1.165) is 13.1 Å². The summed E-state index contributed by atoms with van der Waals surface area (Å²) < 4.78 is 5.43. The van der Waals surface area contributed by atoms with Crippen molar-refractivity contribution in [3.8, 4) is 5.75 Å². The molecule has 0 unspecified atom stereocenters. The third-order valence-corrected chi connectivity index (χ3v) is 4.49. The molecule has 0 radical (unpaired) electrons. The van der Waals surface area contributed by atoms with Crippen molar-refractivity contribution in [3.63, 3.8) is 0 Å². The molecule has 0 aliphatic carbocycles. The first kappa shape index (κ1) is 17.9. The molecule has 1 heterocycles. The zero-order chi connectivity index (χ0) is 18.5. The summed E-state index contributed by atoms with van der Waals surface area (Å²) in [5.74, 6) is 0.461. The fraction of sp³-hybridized carbons (Fsp3) is 0.316. The molecule has 136 valence electrons. The van der Waals surface area contributed by atoms with Gasteiger partial charge in [-0.1, -0.05) is 30.3 Å². The number of non-ortho nitro benzene ring substituents is 1. The van der Waals surface area contributed by atoms with Gasteiger partial charge in [-0.2, -0.15) is 0 Å². The van der Waals surface area contributed by atoms with Crippen LogP contribution >= 0.6 is 0 Å². The van der Waals surface area contributed by atoms with Gasteiger partial charge in [0.15, 0.2) is 6.61 Å². The lowest BCUT2D eigenvalue weighted by molar-refractivity contribution is -0.384. The molecule has 1 N–H and O–H groups in total. The number of rotatable bonds is 6. The number of nitro groups is 1. The fourth-order valence-electron chi connectivity index (χ4n) is 3.25. The smallest absolute Gasteiger partial charge is 0.269 e. The number of carbonyl (C=O) groups is 1. The Balaban J connectivity index is 1.56. The number of nitro benzene ring substituents is 1. The van der Waals surface area contributed by atoms with Crippen LogP contribution in [-0.2, 0) is 4.79 Å². The van der Waals surface area contributed by atoms with E-state index >= 15 is 0 Å². The Morgan fingerprint density at radius 1 is 1.19 bits per heavy atom. The van der Waals surface area contributed by atoms with Crippen LogP contribution in [0, 0.1) is 10.1 Å². The van der Waals surface area contributed by atoms with Gasteiger partial charge in [0.2, 0.25) is 0 Å². The van der Waals surface area contributed by atoms with Gasteiger partial charge < -0.3 is 15.0 Å². The number of amides is 1. The van der Waals surface area contributed by atoms with E-state index in [2.05, 4.69) is 22.3 Å². The predicted octanol–water partition coefficient (Wildman–Crippen LogP) is 2.19. The molecule has 1 saturated heterocycles. The van der Waals surface area contributed by atoms with Gasteiger partial charge in [-0.05, 0) is 24.7 Å². The van der Waals surface area contributed by atoms with Crippen LogP contribution in [0.25, 0.3) is 0 Å². The summed E-state index contributed by atoms with van der Waals surface area (Å²) in [4.78, 5) is 24.6. The summed E-state index contributed by atoms with van der Waals surface area (Å²) in [6.07, 6.45) is 0. The second-order valence-electron chi connectivity index (χ2n) is 6.45. The minimum Gasteiger partial charge on any atom is -0.484 e. The number of likely N-dealkylation sites (tertiary alicyclic amines) is 1. The van der Waals surface area contributed by atoms with Crippen molar-refractivity contribution in [1.82, 2.24) is 10.2 Å². The van der Waals surface area contributed by atoms with E-state index in [1.165, 1.54) is 29.8 Å². The highest BCUT2D eigenvalue weighted by atomic mass is 16.6. The Bertz CT molecular complexity index is 764. The van der Waals surface area contributed by atoms with E-state index in [4.69, 9.17) is 4.74 Å². The molecule has 3 rings (SSSR count). The number of likely N-dealkylation sites (N-methyl/N-ethyl adjacent to an activating group) is 1. The van der Waals surface area contributed by atoms with Gasteiger partial charge in [0.25, 0.3) is 11.6 Å². The first-order valence-electron chi connectivity index (χ1n) is 8.43.